The first kappa shape index (κ1) is 7.56. The van der Waals surface area contributed by atoms with Gasteiger partial charge < -0.3 is 0 Å². The van der Waals surface area contributed by atoms with Gasteiger partial charge in [0.15, 0.2) is 0 Å². The van der Waals surface area contributed by atoms with Gasteiger partial charge in [-0.25, -0.2) is 4.68 Å². The molecule has 0 atom stereocenters. The van der Waals surface area contributed by atoms with Crippen molar-refractivity contribution in [1.82, 2.24) is 9.78 Å². The molecule has 1 heterocycles. The average molecular weight is 155 g/mol. The van der Waals surface area contributed by atoms with Gasteiger partial charge in [-0.2, -0.15) is 9.49 Å². The molecular weight excluding hydrogens is 149 g/mol. The van der Waals surface area contributed by atoms with Crippen LogP contribution in [0.2, 0.25) is 0 Å². The Balaban J connectivity index is 2.80. The van der Waals surface area contributed by atoms with Crippen LogP contribution in [0.15, 0.2) is 11.2 Å². The fourth-order valence-corrected chi connectivity index (χ4v) is 0.682. The van der Waals surface area contributed by atoms with E-state index in [1.54, 1.807) is 0 Å². The standard InChI is InChI=1S/C5H6FN5/c1-11-5(6)2-4(9-11)3-8-10-7/h2H,3H2,1H3. The minimum Gasteiger partial charge on any atom is -0.242 e. The first-order valence-electron chi connectivity index (χ1n) is 2.93. The van der Waals surface area contributed by atoms with E-state index < -0.39 is 5.95 Å². The molecule has 0 spiro atoms. The maximum Gasteiger partial charge on any atom is 0.211 e. The molecular formula is C5H6FN5. The summed E-state index contributed by atoms with van der Waals surface area (Å²) in [7, 11) is 1.48. The second-order valence-corrected chi connectivity index (χ2v) is 1.97. The summed E-state index contributed by atoms with van der Waals surface area (Å²) in [6, 6.07) is 1.23. The Hall–Kier alpha value is -1.55. The summed E-state index contributed by atoms with van der Waals surface area (Å²) >= 11 is 0. The van der Waals surface area contributed by atoms with Crippen LogP contribution >= 0.6 is 0 Å². The summed E-state index contributed by atoms with van der Waals surface area (Å²) in [6.45, 7) is 0.0915. The predicted octanol–water partition coefficient (Wildman–Crippen LogP) is 1.37. The Morgan fingerprint density at radius 3 is 3.09 bits per heavy atom. The largest absolute Gasteiger partial charge is 0.242 e. The van der Waals surface area contributed by atoms with Crippen molar-refractivity contribution in [3.8, 4) is 0 Å². The van der Waals surface area contributed by atoms with Crippen LogP contribution in [-0.4, -0.2) is 9.78 Å². The molecule has 58 valence electrons. The maximum atomic E-state index is 12.5. The summed E-state index contributed by atoms with van der Waals surface area (Å²) in [6.07, 6.45) is 0. The smallest absolute Gasteiger partial charge is 0.211 e. The van der Waals surface area contributed by atoms with Gasteiger partial charge in [-0.1, -0.05) is 5.11 Å². The third-order valence-corrected chi connectivity index (χ3v) is 1.17. The van der Waals surface area contributed by atoms with E-state index in [4.69, 9.17) is 5.53 Å². The Morgan fingerprint density at radius 1 is 1.91 bits per heavy atom. The summed E-state index contributed by atoms with van der Waals surface area (Å²) in [5.41, 5.74) is 8.37. The molecule has 0 N–H and O–H groups in total. The van der Waals surface area contributed by atoms with Gasteiger partial charge in [0, 0.05) is 18.0 Å². The number of hydrogen-bond acceptors (Lipinski definition) is 2. The van der Waals surface area contributed by atoms with Gasteiger partial charge in [0.1, 0.15) is 0 Å². The molecule has 0 fully saturated rings. The third kappa shape index (κ3) is 1.68. The molecule has 0 saturated carbocycles. The van der Waals surface area contributed by atoms with Crippen LogP contribution in [0.4, 0.5) is 4.39 Å². The van der Waals surface area contributed by atoms with Crippen molar-refractivity contribution in [2.75, 3.05) is 0 Å². The quantitative estimate of drug-likeness (QED) is 0.361. The van der Waals surface area contributed by atoms with Gasteiger partial charge in [0.2, 0.25) is 5.95 Å². The van der Waals surface area contributed by atoms with Gasteiger partial charge in [0.05, 0.1) is 12.2 Å². The third-order valence-electron chi connectivity index (χ3n) is 1.17. The lowest BCUT2D eigenvalue weighted by molar-refractivity contribution is 0.503. The van der Waals surface area contributed by atoms with Crippen molar-refractivity contribution in [2.24, 2.45) is 12.2 Å². The lowest BCUT2D eigenvalue weighted by Gasteiger charge is -1.85. The van der Waals surface area contributed by atoms with E-state index in [9.17, 15) is 4.39 Å². The van der Waals surface area contributed by atoms with Crippen molar-refractivity contribution < 1.29 is 4.39 Å². The molecule has 0 radical (unpaired) electrons. The first-order chi connectivity index (χ1) is 5.24. The lowest BCUT2D eigenvalue weighted by atomic mass is 10.4. The van der Waals surface area contributed by atoms with Gasteiger partial charge in [-0.05, 0) is 5.53 Å². The highest BCUT2D eigenvalue weighted by molar-refractivity contribution is 5.00. The zero-order chi connectivity index (χ0) is 8.27. The van der Waals surface area contributed by atoms with E-state index in [1.807, 2.05) is 0 Å². The Morgan fingerprint density at radius 2 is 2.64 bits per heavy atom. The van der Waals surface area contributed by atoms with Crippen LogP contribution in [-0.2, 0) is 13.6 Å². The highest BCUT2D eigenvalue weighted by atomic mass is 19.1. The van der Waals surface area contributed by atoms with Crippen LogP contribution in [0.5, 0.6) is 0 Å². The van der Waals surface area contributed by atoms with Crippen LogP contribution < -0.4 is 0 Å². The molecule has 1 aromatic rings. The molecule has 11 heavy (non-hydrogen) atoms. The van der Waals surface area contributed by atoms with Gasteiger partial charge >= 0.3 is 0 Å². The summed E-state index contributed by atoms with van der Waals surface area (Å²) < 4.78 is 13.6. The fourth-order valence-electron chi connectivity index (χ4n) is 0.682. The van der Waals surface area contributed by atoms with Gasteiger partial charge in [-0.15, -0.1) is 0 Å². The number of aromatic nitrogens is 2. The summed E-state index contributed by atoms with van der Waals surface area (Å²) in [5, 5.41) is 6.96. The molecule has 1 aromatic heterocycles. The highest BCUT2D eigenvalue weighted by Crippen LogP contribution is 2.01. The first-order valence-corrected chi connectivity index (χ1v) is 2.93. The molecule has 0 aliphatic heterocycles. The van der Waals surface area contributed by atoms with Crippen molar-refractivity contribution in [3.05, 3.63) is 28.2 Å². The van der Waals surface area contributed by atoms with E-state index in [1.165, 1.54) is 13.1 Å². The van der Waals surface area contributed by atoms with E-state index in [-0.39, 0.29) is 6.54 Å². The van der Waals surface area contributed by atoms with Crippen molar-refractivity contribution in [3.63, 3.8) is 0 Å². The van der Waals surface area contributed by atoms with Crippen LogP contribution in [0, 0.1) is 5.95 Å². The van der Waals surface area contributed by atoms with E-state index in [0.29, 0.717) is 5.69 Å². The molecule has 0 aliphatic carbocycles. The number of hydrogen-bond donors (Lipinski definition) is 0. The zero-order valence-electron chi connectivity index (χ0n) is 5.90. The van der Waals surface area contributed by atoms with Crippen molar-refractivity contribution >= 4 is 0 Å². The topological polar surface area (TPSA) is 66.6 Å². The summed E-state index contributed by atoms with van der Waals surface area (Å²) in [5.74, 6) is -0.437. The van der Waals surface area contributed by atoms with Crippen LogP contribution in [0.3, 0.4) is 0 Å². The number of nitrogens with zero attached hydrogens (tertiary/aromatic N) is 5. The molecule has 0 bridgehead atoms. The van der Waals surface area contributed by atoms with Gasteiger partial charge in [-0.3, -0.25) is 0 Å². The molecule has 0 aliphatic rings. The molecule has 0 aromatic carbocycles. The molecule has 0 saturated heterocycles. The predicted molar refractivity (Wildman–Crippen MR) is 36.0 cm³/mol. The maximum absolute atomic E-state index is 12.5. The fraction of sp³-hybridized carbons (Fsp3) is 0.400. The van der Waals surface area contributed by atoms with Crippen LogP contribution in [0.25, 0.3) is 10.4 Å². The lowest BCUT2D eigenvalue weighted by Crippen LogP contribution is -1.93. The Labute approximate surface area is 62.1 Å². The molecule has 0 amide bonds. The van der Waals surface area contributed by atoms with Gasteiger partial charge in [0.25, 0.3) is 0 Å². The Kier molecular flexibility index (Phi) is 2.08. The molecule has 5 nitrogen and oxygen atoms in total. The monoisotopic (exact) mass is 155 g/mol. The summed E-state index contributed by atoms with van der Waals surface area (Å²) in [4.78, 5) is 2.52. The number of azide groups is 1. The number of halogens is 1. The zero-order valence-corrected chi connectivity index (χ0v) is 5.90. The SMILES string of the molecule is Cn1nc(CN=[N+]=[N-])cc1F. The molecule has 0 unspecified atom stereocenters. The Bertz CT molecular complexity index is 278. The number of rotatable bonds is 2. The highest BCUT2D eigenvalue weighted by Gasteiger charge is 2.01. The average Bonchev–Trinajstić information content (AvgIpc) is 2.28. The number of aryl methyl sites for hydroxylation is 1. The second-order valence-electron chi connectivity index (χ2n) is 1.97. The second kappa shape index (κ2) is 3.03. The molecule has 6 heteroatoms. The van der Waals surface area contributed by atoms with E-state index in [0.717, 1.165) is 4.68 Å². The van der Waals surface area contributed by atoms with E-state index >= 15 is 0 Å². The van der Waals surface area contributed by atoms with Crippen molar-refractivity contribution in [1.29, 1.82) is 0 Å². The molecule has 1 rings (SSSR count). The van der Waals surface area contributed by atoms with Crippen LogP contribution in [0.1, 0.15) is 5.69 Å². The van der Waals surface area contributed by atoms with E-state index in [2.05, 4.69) is 15.1 Å². The minimum atomic E-state index is -0.437. The van der Waals surface area contributed by atoms with Crippen molar-refractivity contribution in [2.45, 2.75) is 6.54 Å². The normalized spacial score (nSPS) is 9.27. The minimum absolute atomic E-state index is 0.0915.